The van der Waals surface area contributed by atoms with Gasteiger partial charge in [-0.25, -0.2) is 0 Å². The zero-order valence-electron chi connectivity index (χ0n) is 11.7. The van der Waals surface area contributed by atoms with Gasteiger partial charge in [0.25, 0.3) is 0 Å². The maximum absolute atomic E-state index is 5.97. The van der Waals surface area contributed by atoms with Gasteiger partial charge in [0.2, 0.25) is 0 Å². The van der Waals surface area contributed by atoms with Crippen LogP contribution in [-0.4, -0.2) is 14.2 Å². The molecule has 1 aromatic rings. The summed E-state index contributed by atoms with van der Waals surface area (Å²) >= 11 is 5.97. The monoisotopic (exact) mass is 278 g/mol. The third-order valence-electron chi connectivity index (χ3n) is 2.58. The maximum Gasteiger partial charge on any atom is 0.138 e. The lowest BCUT2D eigenvalue weighted by atomic mass is 10.2. The van der Waals surface area contributed by atoms with Crippen molar-refractivity contribution in [1.29, 1.82) is 0 Å². The Morgan fingerprint density at radius 3 is 2.58 bits per heavy atom. The summed E-state index contributed by atoms with van der Waals surface area (Å²) in [6, 6.07) is 5.67. The molecule has 0 amide bonds. The van der Waals surface area contributed by atoms with Crippen LogP contribution in [0.4, 0.5) is 0 Å². The Morgan fingerprint density at radius 2 is 1.95 bits per heavy atom. The van der Waals surface area contributed by atoms with Crippen LogP contribution in [0.15, 0.2) is 47.8 Å². The average Bonchev–Trinajstić information content (AvgIpc) is 2.40. The molecular formula is C16H19ClO2. The van der Waals surface area contributed by atoms with Gasteiger partial charge in [-0.2, -0.15) is 0 Å². The first kappa shape index (κ1) is 15.4. The van der Waals surface area contributed by atoms with Gasteiger partial charge in [-0.1, -0.05) is 35.9 Å². The van der Waals surface area contributed by atoms with Crippen LogP contribution in [0, 0.1) is 0 Å². The molecule has 0 atom stereocenters. The van der Waals surface area contributed by atoms with E-state index in [-0.39, 0.29) is 0 Å². The van der Waals surface area contributed by atoms with E-state index in [9.17, 15) is 0 Å². The Morgan fingerprint density at radius 1 is 1.21 bits per heavy atom. The van der Waals surface area contributed by atoms with Gasteiger partial charge in [0.15, 0.2) is 0 Å². The molecular weight excluding hydrogens is 260 g/mol. The molecule has 0 aromatic heterocycles. The first-order valence-electron chi connectivity index (χ1n) is 5.97. The molecule has 102 valence electrons. The van der Waals surface area contributed by atoms with Crippen molar-refractivity contribution in [1.82, 2.24) is 0 Å². The van der Waals surface area contributed by atoms with Crippen molar-refractivity contribution in [3.05, 3.63) is 58.3 Å². The minimum absolute atomic E-state index is 0.616. The van der Waals surface area contributed by atoms with E-state index in [1.165, 1.54) is 0 Å². The van der Waals surface area contributed by atoms with Crippen molar-refractivity contribution in [3.63, 3.8) is 0 Å². The van der Waals surface area contributed by atoms with Crippen LogP contribution < -0.4 is 4.74 Å². The van der Waals surface area contributed by atoms with Crippen LogP contribution >= 0.6 is 11.6 Å². The number of hydrogen-bond acceptors (Lipinski definition) is 2. The first-order chi connectivity index (χ1) is 9.06. The molecule has 1 rings (SSSR count). The summed E-state index contributed by atoms with van der Waals surface area (Å²) < 4.78 is 10.3. The highest BCUT2D eigenvalue weighted by atomic mass is 35.5. The first-order valence-corrected chi connectivity index (χ1v) is 6.35. The van der Waals surface area contributed by atoms with Gasteiger partial charge in [0, 0.05) is 0 Å². The minimum atomic E-state index is 0.616. The lowest BCUT2D eigenvalue weighted by molar-refractivity contribution is 0.293. The molecule has 0 spiro atoms. The normalized spacial score (nSPS) is 12.9. The Balaban J connectivity index is 2.80. The zero-order chi connectivity index (χ0) is 14.3. The number of halogens is 1. The summed E-state index contributed by atoms with van der Waals surface area (Å²) in [4.78, 5) is 0. The highest BCUT2D eigenvalue weighted by molar-refractivity contribution is 6.32. The predicted octanol–water partition coefficient (Wildman–Crippen LogP) is 4.86. The second kappa shape index (κ2) is 7.70. The Bertz CT molecular complexity index is 513. The minimum Gasteiger partial charge on any atom is -0.501 e. The topological polar surface area (TPSA) is 18.5 Å². The van der Waals surface area contributed by atoms with Crippen molar-refractivity contribution < 1.29 is 9.47 Å². The van der Waals surface area contributed by atoms with Gasteiger partial charge in [-0.15, -0.1) is 0 Å². The second-order valence-electron chi connectivity index (χ2n) is 4.12. The number of methoxy groups -OCH3 is 2. The van der Waals surface area contributed by atoms with E-state index < -0.39 is 0 Å². The molecule has 2 nitrogen and oxygen atoms in total. The Hall–Kier alpha value is -1.67. The molecule has 0 heterocycles. The smallest absolute Gasteiger partial charge is 0.138 e. The highest BCUT2D eigenvalue weighted by Crippen LogP contribution is 2.25. The molecule has 0 saturated heterocycles. The molecule has 0 saturated carbocycles. The van der Waals surface area contributed by atoms with Crippen molar-refractivity contribution in [2.24, 2.45) is 0 Å². The fraction of sp³-hybridized carbons (Fsp3) is 0.250. The fourth-order valence-electron chi connectivity index (χ4n) is 1.52. The number of rotatable bonds is 5. The van der Waals surface area contributed by atoms with Crippen molar-refractivity contribution in [2.45, 2.75) is 13.8 Å². The third-order valence-corrected chi connectivity index (χ3v) is 2.89. The SMILES string of the molecule is COC(C)=CC(C)=CC=Cc1ccc(Cl)c(OC)c1. The number of ether oxygens (including phenoxy) is 2. The van der Waals surface area contributed by atoms with Crippen molar-refractivity contribution in [3.8, 4) is 5.75 Å². The molecule has 1 aromatic carbocycles. The van der Waals surface area contributed by atoms with Crippen LogP contribution in [0.5, 0.6) is 5.75 Å². The molecule has 0 aliphatic heterocycles. The van der Waals surface area contributed by atoms with E-state index in [2.05, 4.69) is 0 Å². The molecule has 0 N–H and O–H groups in total. The van der Waals surface area contributed by atoms with Crippen LogP contribution in [0.3, 0.4) is 0 Å². The number of benzene rings is 1. The van der Waals surface area contributed by atoms with E-state index in [0.29, 0.717) is 10.8 Å². The lowest BCUT2D eigenvalue weighted by Crippen LogP contribution is -1.84. The van der Waals surface area contributed by atoms with Gasteiger partial charge in [-0.05, 0) is 43.2 Å². The summed E-state index contributed by atoms with van der Waals surface area (Å²) in [5, 5.41) is 0.616. The van der Waals surface area contributed by atoms with Crippen LogP contribution in [-0.2, 0) is 4.74 Å². The van der Waals surface area contributed by atoms with Gasteiger partial charge in [-0.3, -0.25) is 0 Å². The third kappa shape index (κ3) is 5.23. The second-order valence-corrected chi connectivity index (χ2v) is 4.53. The van der Waals surface area contributed by atoms with E-state index >= 15 is 0 Å². The molecule has 0 radical (unpaired) electrons. The standard InChI is InChI=1S/C16H19ClO2/c1-12(10-13(2)18-3)6-5-7-14-8-9-15(17)16(11-14)19-4/h5-11H,1-4H3. The Labute approximate surface area is 120 Å². The van der Waals surface area contributed by atoms with Crippen LogP contribution in [0.1, 0.15) is 19.4 Å². The van der Waals surface area contributed by atoms with Crippen LogP contribution in [0.25, 0.3) is 6.08 Å². The molecule has 0 aliphatic rings. The maximum atomic E-state index is 5.97. The van der Waals surface area contributed by atoms with Gasteiger partial charge >= 0.3 is 0 Å². The average molecular weight is 279 g/mol. The largest absolute Gasteiger partial charge is 0.501 e. The van der Waals surface area contributed by atoms with E-state index in [4.69, 9.17) is 21.1 Å². The van der Waals surface area contributed by atoms with Crippen molar-refractivity contribution in [2.75, 3.05) is 14.2 Å². The van der Waals surface area contributed by atoms with Crippen LogP contribution in [0.2, 0.25) is 5.02 Å². The Kier molecular flexibility index (Phi) is 6.23. The van der Waals surface area contributed by atoms with E-state index in [1.54, 1.807) is 14.2 Å². The summed E-state index contributed by atoms with van der Waals surface area (Å²) in [6.45, 7) is 3.94. The van der Waals surface area contributed by atoms with E-state index in [0.717, 1.165) is 16.9 Å². The number of allylic oxidation sites excluding steroid dienone is 5. The molecule has 0 unspecified atom stereocenters. The predicted molar refractivity (Wildman–Crippen MR) is 81.6 cm³/mol. The van der Waals surface area contributed by atoms with Gasteiger partial charge in [0.1, 0.15) is 5.75 Å². The van der Waals surface area contributed by atoms with E-state index in [1.807, 2.05) is 56.4 Å². The summed E-state index contributed by atoms with van der Waals surface area (Å²) in [6.07, 6.45) is 7.98. The van der Waals surface area contributed by atoms with Gasteiger partial charge in [0.05, 0.1) is 25.0 Å². The summed E-state index contributed by atoms with van der Waals surface area (Å²) in [5.74, 6) is 1.56. The molecule has 0 fully saturated rings. The summed E-state index contributed by atoms with van der Waals surface area (Å²) in [7, 11) is 3.27. The zero-order valence-corrected chi connectivity index (χ0v) is 12.5. The summed E-state index contributed by atoms with van der Waals surface area (Å²) in [5.41, 5.74) is 2.16. The lowest BCUT2D eigenvalue weighted by Gasteiger charge is -2.03. The van der Waals surface area contributed by atoms with Gasteiger partial charge < -0.3 is 9.47 Å². The molecule has 0 aliphatic carbocycles. The quantitative estimate of drug-likeness (QED) is 0.566. The number of hydrogen-bond donors (Lipinski definition) is 0. The highest BCUT2D eigenvalue weighted by Gasteiger charge is 1.99. The molecule has 0 bridgehead atoms. The fourth-order valence-corrected chi connectivity index (χ4v) is 1.71. The molecule has 3 heteroatoms. The van der Waals surface area contributed by atoms with Crippen molar-refractivity contribution >= 4 is 17.7 Å². The molecule has 19 heavy (non-hydrogen) atoms.